The fraction of sp³-hybridized carbons (Fsp3) is 0.250. The molecule has 3 rings (SSSR count). The van der Waals surface area contributed by atoms with Gasteiger partial charge in [-0.05, 0) is 48.6 Å². The number of hydrogen-bond acceptors (Lipinski definition) is 1. The van der Waals surface area contributed by atoms with Gasteiger partial charge in [0.1, 0.15) is 5.82 Å². The number of fused-ring (bicyclic) bond motifs is 1. The first-order chi connectivity index (χ1) is 9.24. The van der Waals surface area contributed by atoms with Crippen LogP contribution in [0.5, 0.6) is 0 Å². The molecular weight excluding hydrogens is 305 g/mol. The van der Waals surface area contributed by atoms with E-state index in [-0.39, 0.29) is 11.9 Å². The maximum atomic E-state index is 13.8. The summed E-state index contributed by atoms with van der Waals surface area (Å²) in [7, 11) is 0. The maximum absolute atomic E-state index is 13.8. The summed E-state index contributed by atoms with van der Waals surface area (Å²) in [4.78, 5) is 0. The Morgan fingerprint density at radius 2 is 2.00 bits per heavy atom. The third-order valence-corrected chi connectivity index (χ3v) is 4.12. The van der Waals surface area contributed by atoms with E-state index < -0.39 is 0 Å². The summed E-state index contributed by atoms with van der Waals surface area (Å²) in [6.07, 6.45) is 3.31. The average molecular weight is 320 g/mol. The van der Waals surface area contributed by atoms with Crippen LogP contribution in [0.25, 0.3) is 0 Å². The molecule has 0 spiro atoms. The average Bonchev–Trinajstić information content (AvgIpc) is 2.43. The van der Waals surface area contributed by atoms with E-state index in [0.717, 1.165) is 23.7 Å². The maximum Gasteiger partial charge on any atom is 0.146 e. The zero-order valence-electron chi connectivity index (χ0n) is 10.5. The first-order valence-corrected chi connectivity index (χ1v) is 7.33. The minimum absolute atomic E-state index is 0.203. The normalized spacial score (nSPS) is 17.9. The van der Waals surface area contributed by atoms with Crippen LogP contribution in [0.1, 0.15) is 30.0 Å². The molecule has 1 aliphatic rings. The number of halogens is 2. The van der Waals surface area contributed by atoms with Gasteiger partial charge in [-0.15, -0.1) is 0 Å². The van der Waals surface area contributed by atoms with Crippen molar-refractivity contribution in [3.05, 3.63) is 63.9 Å². The molecular formula is C16H15BrFN. The zero-order valence-corrected chi connectivity index (χ0v) is 12.1. The molecule has 2 aromatic carbocycles. The minimum Gasteiger partial charge on any atom is -0.376 e. The molecule has 0 radical (unpaired) electrons. The third kappa shape index (κ3) is 2.66. The van der Waals surface area contributed by atoms with Crippen LogP contribution in [0, 0.1) is 5.82 Å². The number of hydrogen-bond donors (Lipinski definition) is 1. The van der Waals surface area contributed by atoms with Crippen LogP contribution in [0.2, 0.25) is 0 Å². The lowest BCUT2D eigenvalue weighted by molar-refractivity contribution is 0.586. The van der Waals surface area contributed by atoms with Crippen LogP contribution in [0.15, 0.2) is 46.9 Å². The summed E-state index contributed by atoms with van der Waals surface area (Å²) >= 11 is 3.39. The van der Waals surface area contributed by atoms with Gasteiger partial charge < -0.3 is 5.32 Å². The number of anilines is 1. The molecule has 2 aromatic rings. The molecule has 1 nitrogen and oxygen atoms in total. The van der Waals surface area contributed by atoms with Crippen molar-refractivity contribution in [3.8, 4) is 0 Å². The van der Waals surface area contributed by atoms with Crippen molar-refractivity contribution in [1.29, 1.82) is 0 Å². The molecule has 1 unspecified atom stereocenters. The van der Waals surface area contributed by atoms with E-state index in [1.165, 1.54) is 17.2 Å². The van der Waals surface area contributed by atoms with Crippen LogP contribution in [-0.4, -0.2) is 0 Å². The number of rotatable bonds is 2. The summed E-state index contributed by atoms with van der Waals surface area (Å²) in [6.45, 7) is 0. The first-order valence-electron chi connectivity index (χ1n) is 6.53. The van der Waals surface area contributed by atoms with Gasteiger partial charge in [-0.2, -0.15) is 0 Å². The van der Waals surface area contributed by atoms with E-state index >= 15 is 0 Å². The largest absolute Gasteiger partial charge is 0.376 e. The van der Waals surface area contributed by atoms with E-state index in [9.17, 15) is 4.39 Å². The van der Waals surface area contributed by atoms with Gasteiger partial charge in [0, 0.05) is 4.47 Å². The fourth-order valence-electron chi connectivity index (χ4n) is 2.70. The quantitative estimate of drug-likeness (QED) is 0.814. The van der Waals surface area contributed by atoms with Crippen molar-refractivity contribution in [3.63, 3.8) is 0 Å². The van der Waals surface area contributed by atoms with Crippen LogP contribution < -0.4 is 5.32 Å². The predicted molar refractivity (Wildman–Crippen MR) is 79.8 cm³/mol. The van der Waals surface area contributed by atoms with Gasteiger partial charge >= 0.3 is 0 Å². The second-order valence-electron chi connectivity index (χ2n) is 4.91. The van der Waals surface area contributed by atoms with Gasteiger partial charge in [-0.25, -0.2) is 4.39 Å². The molecule has 1 atom stereocenters. The highest BCUT2D eigenvalue weighted by Crippen LogP contribution is 2.33. The smallest absolute Gasteiger partial charge is 0.146 e. The van der Waals surface area contributed by atoms with E-state index in [2.05, 4.69) is 45.5 Å². The van der Waals surface area contributed by atoms with Gasteiger partial charge in [-0.1, -0.05) is 40.2 Å². The van der Waals surface area contributed by atoms with Crippen LogP contribution >= 0.6 is 15.9 Å². The van der Waals surface area contributed by atoms with Crippen molar-refractivity contribution in [2.24, 2.45) is 0 Å². The highest BCUT2D eigenvalue weighted by molar-refractivity contribution is 9.10. The summed E-state index contributed by atoms with van der Waals surface area (Å²) in [5.74, 6) is -0.203. The number of aryl methyl sites for hydroxylation is 1. The van der Waals surface area contributed by atoms with E-state index in [4.69, 9.17) is 0 Å². The molecule has 0 fully saturated rings. The lowest BCUT2D eigenvalue weighted by Gasteiger charge is -2.27. The summed E-state index contributed by atoms with van der Waals surface area (Å²) in [5.41, 5.74) is 3.24. The standard InChI is InChI=1S/C16H15BrFN/c17-12-8-9-14(18)16(10-12)19-15-7-3-5-11-4-1-2-6-13(11)15/h1-2,4,6,8-10,15,19H,3,5,7H2. The Hall–Kier alpha value is -1.35. The Morgan fingerprint density at radius 3 is 2.89 bits per heavy atom. The number of nitrogens with one attached hydrogen (secondary N) is 1. The lowest BCUT2D eigenvalue weighted by atomic mass is 9.87. The highest BCUT2D eigenvalue weighted by Gasteiger charge is 2.20. The van der Waals surface area contributed by atoms with Gasteiger partial charge in [0.25, 0.3) is 0 Å². The van der Waals surface area contributed by atoms with Crippen molar-refractivity contribution < 1.29 is 4.39 Å². The van der Waals surface area contributed by atoms with Crippen molar-refractivity contribution in [1.82, 2.24) is 0 Å². The Kier molecular flexibility index (Phi) is 3.56. The molecule has 1 N–H and O–H groups in total. The van der Waals surface area contributed by atoms with Crippen LogP contribution in [-0.2, 0) is 6.42 Å². The number of benzene rings is 2. The van der Waals surface area contributed by atoms with Gasteiger partial charge in [0.15, 0.2) is 0 Å². The van der Waals surface area contributed by atoms with Crippen molar-refractivity contribution >= 4 is 21.6 Å². The molecule has 0 saturated heterocycles. The molecule has 19 heavy (non-hydrogen) atoms. The van der Waals surface area contributed by atoms with Gasteiger partial charge in [0.2, 0.25) is 0 Å². The SMILES string of the molecule is Fc1ccc(Br)cc1NC1CCCc2ccccc21. The Labute approximate surface area is 121 Å². The first kappa shape index (κ1) is 12.7. The van der Waals surface area contributed by atoms with E-state index in [1.807, 2.05) is 0 Å². The van der Waals surface area contributed by atoms with Gasteiger partial charge in [-0.3, -0.25) is 0 Å². The van der Waals surface area contributed by atoms with Gasteiger partial charge in [0.05, 0.1) is 11.7 Å². The van der Waals surface area contributed by atoms with Crippen molar-refractivity contribution in [2.45, 2.75) is 25.3 Å². The molecule has 0 aliphatic heterocycles. The highest BCUT2D eigenvalue weighted by atomic mass is 79.9. The summed E-state index contributed by atoms with van der Waals surface area (Å²) < 4.78 is 14.7. The summed E-state index contributed by atoms with van der Waals surface area (Å²) in [5, 5.41) is 3.34. The summed E-state index contributed by atoms with van der Waals surface area (Å²) in [6, 6.07) is 13.6. The molecule has 0 bridgehead atoms. The minimum atomic E-state index is -0.203. The topological polar surface area (TPSA) is 12.0 Å². The molecule has 0 heterocycles. The zero-order chi connectivity index (χ0) is 13.2. The third-order valence-electron chi connectivity index (χ3n) is 3.63. The lowest BCUT2D eigenvalue weighted by Crippen LogP contribution is -2.17. The monoisotopic (exact) mass is 319 g/mol. The van der Waals surface area contributed by atoms with Crippen molar-refractivity contribution in [2.75, 3.05) is 5.32 Å². The molecule has 0 aromatic heterocycles. The van der Waals surface area contributed by atoms with Crippen LogP contribution in [0.3, 0.4) is 0 Å². The molecule has 98 valence electrons. The van der Waals surface area contributed by atoms with Crippen LogP contribution in [0.4, 0.5) is 10.1 Å². The second kappa shape index (κ2) is 5.33. The molecule has 1 aliphatic carbocycles. The Morgan fingerprint density at radius 1 is 1.16 bits per heavy atom. The Bertz CT molecular complexity index is 597. The molecule has 0 saturated carbocycles. The molecule has 0 amide bonds. The fourth-order valence-corrected chi connectivity index (χ4v) is 3.06. The predicted octanol–water partition coefficient (Wildman–Crippen LogP) is 5.08. The van der Waals surface area contributed by atoms with E-state index in [0.29, 0.717) is 5.69 Å². The molecule has 3 heteroatoms. The van der Waals surface area contributed by atoms with E-state index in [1.54, 1.807) is 12.1 Å². The second-order valence-corrected chi connectivity index (χ2v) is 5.83. The Balaban J connectivity index is 1.90.